The largest absolute Gasteiger partial charge is 0.543 e. The van der Waals surface area contributed by atoms with E-state index in [4.69, 9.17) is 10.6 Å². The Hall–Kier alpha value is -3.16. The Morgan fingerprint density at radius 3 is 2.92 bits per heavy atom. The molecule has 36 heavy (non-hydrogen) atoms. The summed E-state index contributed by atoms with van der Waals surface area (Å²) in [5.41, 5.74) is 9.06. The van der Waals surface area contributed by atoms with Gasteiger partial charge in [-0.2, -0.15) is 0 Å². The van der Waals surface area contributed by atoms with Gasteiger partial charge in [0.2, 0.25) is 0 Å². The summed E-state index contributed by atoms with van der Waals surface area (Å²) < 4.78 is 0. The van der Waals surface area contributed by atoms with Crippen molar-refractivity contribution >= 4 is 51.7 Å². The monoisotopic (exact) mass is 530 g/mol. The quantitative estimate of drug-likeness (QED) is 0.225. The molecule has 1 saturated heterocycles. The number of anilines is 1. The minimum atomic E-state index is -1.38. The third-order valence-corrected chi connectivity index (χ3v) is 8.75. The number of aromatic nitrogens is 1. The summed E-state index contributed by atoms with van der Waals surface area (Å²) in [7, 11) is 1.29. The number of nitrogens with zero attached hydrogens (tertiary/aromatic N) is 3. The van der Waals surface area contributed by atoms with E-state index in [1.165, 1.54) is 46.4 Å². The number of nitrogens with one attached hydrogen (secondary N) is 2. The lowest BCUT2D eigenvalue weighted by atomic mass is 9.92. The molecule has 0 saturated carbocycles. The summed E-state index contributed by atoms with van der Waals surface area (Å²) in [6.45, 7) is 1.29. The summed E-state index contributed by atoms with van der Waals surface area (Å²) in [5.74, 6) is -2.11. The Labute approximate surface area is 215 Å². The maximum Gasteiger partial charge on any atom is 0.276 e. The molecule has 0 bridgehead atoms. The molecule has 0 aromatic carbocycles. The van der Waals surface area contributed by atoms with Crippen LogP contribution in [0, 0.1) is 0 Å². The number of allylic oxidation sites excluding steroid dienone is 3. The van der Waals surface area contributed by atoms with Crippen molar-refractivity contribution in [1.82, 2.24) is 15.2 Å². The van der Waals surface area contributed by atoms with Crippen LogP contribution in [-0.2, 0) is 19.2 Å². The molecule has 4 aliphatic rings. The molecule has 4 N–H and O–H groups in total. The number of carboxylic acids is 1. The number of carboxylic acid groups (broad SMARTS) is 1. The van der Waals surface area contributed by atoms with Crippen LogP contribution in [-0.4, -0.2) is 70.7 Å². The van der Waals surface area contributed by atoms with Crippen LogP contribution >= 0.6 is 23.1 Å². The van der Waals surface area contributed by atoms with E-state index in [1.807, 2.05) is 0 Å². The Morgan fingerprint density at radius 1 is 1.39 bits per heavy atom. The number of carbonyl (C=O) groups is 3. The minimum Gasteiger partial charge on any atom is -0.543 e. The highest BCUT2D eigenvalue weighted by Gasteiger charge is 2.53. The molecule has 1 fully saturated rings. The highest BCUT2D eigenvalue weighted by molar-refractivity contribution is 8.00. The number of hydrogen-bond donors (Lipinski definition) is 3. The number of β-lactam (4-membered cyclic amide) rings is 1. The third kappa shape index (κ3) is 4.42. The smallest absolute Gasteiger partial charge is 0.276 e. The summed E-state index contributed by atoms with van der Waals surface area (Å²) >= 11 is 2.57. The Morgan fingerprint density at radius 2 is 2.19 bits per heavy atom. The summed E-state index contributed by atoms with van der Waals surface area (Å²) in [4.78, 5) is 49.5. The second kappa shape index (κ2) is 10.1. The third-order valence-electron chi connectivity index (χ3n) is 6.74. The van der Waals surface area contributed by atoms with Crippen molar-refractivity contribution in [2.24, 2.45) is 5.16 Å². The molecule has 4 heterocycles. The highest BCUT2D eigenvalue weighted by Crippen LogP contribution is 2.40. The van der Waals surface area contributed by atoms with Gasteiger partial charge in [0.25, 0.3) is 11.8 Å². The van der Waals surface area contributed by atoms with Crippen LogP contribution in [0.3, 0.4) is 0 Å². The Balaban J connectivity index is 1.33. The summed E-state index contributed by atoms with van der Waals surface area (Å²) in [6, 6.07) is -0.908. The van der Waals surface area contributed by atoms with E-state index in [9.17, 15) is 19.5 Å². The minimum absolute atomic E-state index is 0.0766. The highest BCUT2D eigenvalue weighted by atomic mass is 32.2. The van der Waals surface area contributed by atoms with Gasteiger partial charge in [-0.05, 0) is 25.3 Å². The van der Waals surface area contributed by atoms with Crippen molar-refractivity contribution in [3.8, 4) is 0 Å². The van der Waals surface area contributed by atoms with Crippen LogP contribution in [0.5, 0.6) is 0 Å². The number of quaternary nitrogens is 1. The molecule has 1 aliphatic carbocycles. The van der Waals surface area contributed by atoms with Crippen molar-refractivity contribution in [2.75, 3.05) is 31.7 Å². The molecule has 1 aromatic rings. The second-order valence-corrected chi connectivity index (χ2v) is 10.9. The molecule has 11 nitrogen and oxygen atoms in total. The maximum absolute atomic E-state index is 13.1. The number of carbonyl (C=O) groups excluding carboxylic acids is 3. The molecule has 0 spiro atoms. The number of nitrogen functional groups attached to an aromatic ring is 1. The zero-order valence-corrected chi connectivity index (χ0v) is 21.2. The Bertz CT molecular complexity index is 1240. The maximum atomic E-state index is 13.1. The fraction of sp³-hybridized carbons (Fsp3) is 0.435. The first-order chi connectivity index (χ1) is 17.4. The summed E-state index contributed by atoms with van der Waals surface area (Å²) in [5, 5.41) is 19.8. The number of amides is 2. The standard InChI is InChI=1S/C23H26N6O5S2/c1-34-27-16(14-11-36-23(24)25-14)19(30)26-17-20(31)29-18(22(32)33)13(10-35-21(17)29)9-28-8-4-6-12-5-2-3-7-15(12)28/h4,6,11,17,21H,2-3,5,7-10H2,1H3,(H2,24,25)(H,26,30)(H,32,33)/b27-16-/t17-,21-/m1/s1. The zero-order valence-electron chi connectivity index (χ0n) is 19.6. The lowest BCUT2D eigenvalue weighted by molar-refractivity contribution is -0.852. The lowest BCUT2D eigenvalue weighted by Crippen LogP contribution is -3.11. The fourth-order valence-corrected chi connectivity index (χ4v) is 7.02. The van der Waals surface area contributed by atoms with Gasteiger partial charge in [0.15, 0.2) is 10.8 Å². The van der Waals surface area contributed by atoms with Gasteiger partial charge in [-0.1, -0.05) is 11.2 Å². The number of thiazole rings is 1. The van der Waals surface area contributed by atoms with Crippen LogP contribution in [0.2, 0.25) is 0 Å². The van der Waals surface area contributed by atoms with Gasteiger partial charge < -0.3 is 25.8 Å². The van der Waals surface area contributed by atoms with Crippen molar-refractivity contribution in [1.29, 1.82) is 0 Å². The number of nitrogens with two attached hydrogens (primary N) is 1. The second-order valence-electron chi connectivity index (χ2n) is 8.89. The van der Waals surface area contributed by atoms with Gasteiger partial charge >= 0.3 is 0 Å². The van der Waals surface area contributed by atoms with Crippen LogP contribution in [0.25, 0.3) is 0 Å². The van der Waals surface area contributed by atoms with E-state index in [1.54, 1.807) is 5.38 Å². The summed E-state index contributed by atoms with van der Waals surface area (Å²) in [6.07, 6.45) is 8.67. The molecule has 3 atom stereocenters. The lowest BCUT2D eigenvalue weighted by Gasteiger charge is -2.50. The number of thioether (sulfide) groups is 1. The van der Waals surface area contributed by atoms with E-state index < -0.39 is 29.2 Å². The number of oxime groups is 1. The van der Waals surface area contributed by atoms with Crippen molar-refractivity contribution in [3.63, 3.8) is 0 Å². The van der Waals surface area contributed by atoms with Crippen LogP contribution < -0.4 is 21.1 Å². The average Bonchev–Trinajstić information content (AvgIpc) is 3.31. The SMILES string of the molecule is CO/N=C(\C(=O)N[C@@H]1C(=O)N2C(C(=O)[O-])=C(C[NH+]3CC=CC4=C3CCCC4)CS[C@H]12)c1csc(N)n1. The van der Waals surface area contributed by atoms with Crippen LogP contribution in [0.4, 0.5) is 5.13 Å². The number of aliphatic carboxylic acids is 1. The van der Waals surface area contributed by atoms with Gasteiger partial charge in [-0.3, -0.25) is 19.4 Å². The van der Waals surface area contributed by atoms with Crippen molar-refractivity contribution in [3.05, 3.63) is 45.8 Å². The van der Waals surface area contributed by atoms with Gasteiger partial charge in [-0.15, -0.1) is 23.1 Å². The number of rotatable bonds is 7. The van der Waals surface area contributed by atoms with E-state index in [0.29, 0.717) is 17.9 Å². The fourth-order valence-electron chi connectivity index (χ4n) is 5.13. The van der Waals surface area contributed by atoms with Crippen molar-refractivity contribution < 1.29 is 29.2 Å². The molecule has 1 aromatic heterocycles. The zero-order chi connectivity index (χ0) is 25.4. The molecule has 190 valence electrons. The van der Waals surface area contributed by atoms with Crippen LogP contribution in [0.15, 0.2) is 45.2 Å². The predicted octanol–water partition coefficient (Wildman–Crippen LogP) is -1.24. The Kier molecular flexibility index (Phi) is 6.86. The molecule has 2 amide bonds. The molecule has 0 radical (unpaired) electrons. The molecule has 13 heteroatoms. The predicted molar refractivity (Wildman–Crippen MR) is 132 cm³/mol. The number of fused-ring (bicyclic) bond motifs is 1. The van der Waals surface area contributed by atoms with Gasteiger partial charge in [0.05, 0.1) is 11.7 Å². The molecule has 3 aliphatic heterocycles. The molecular formula is C23H26N6O5S2. The van der Waals surface area contributed by atoms with E-state index in [0.717, 1.165) is 37.1 Å². The van der Waals surface area contributed by atoms with Crippen molar-refractivity contribution in [2.45, 2.75) is 37.1 Å². The van der Waals surface area contributed by atoms with Crippen LogP contribution in [0.1, 0.15) is 31.4 Å². The number of hydrogen-bond acceptors (Lipinski definition) is 10. The van der Waals surface area contributed by atoms with Gasteiger partial charge in [0, 0.05) is 28.7 Å². The molecule has 5 rings (SSSR count). The first kappa shape index (κ1) is 24.5. The topological polar surface area (TPSA) is 154 Å². The van der Waals surface area contributed by atoms with Gasteiger partial charge in [-0.25, -0.2) is 4.98 Å². The molecule has 1 unspecified atom stereocenters. The molecular weight excluding hydrogens is 504 g/mol. The van der Waals surface area contributed by atoms with E-state index in [2.05, 4.69) is 27.6 Å². The van der Waals surface area contributed by atoms with E-state index >= 15 is 0 Å². The normalized spacial score (nSPS) is 25.8. The first-order valence-corrected chi connectivity index (χ1v) is 13.6. The van der Waals surface area contributed by atoms with Gasteiger partial charge in [0.1, 0.15) is 43.0 Å². The first-order valence-electron chi connectivity index (χ1n) is 11.6. The average molecular weight is 531 g/mol. The van der Waals surface area contributed by atoms with E-state index in [-0.39, 0.29) is 22.2 Å².